The van der Waals surface area contributed by atoms with Crippen molar-refractivity contribution in [1.82, 2.24) is 0 Å². The smallest absolute Gasteiger partial charge is 2.00 e. The van der Waals surface area contributed by atoms with E-state index in [-0.39, 0.29) is 93.7 Å². The third-order valence-corrected chi connectivity index (χ3v) is 0. The summed E-state index contributed by atoms with van der Waals surface area (Å²) in [5, 5.41) is 0. The molecule has 0 spiro atoms. The zero-order valence-electron chi connectivity index (χ0n) is 1.87. The molecule has 3 nitrogen and oxygen atoms in total. The van der Waals surface area contributed by atoms with Crippen molar-refractivity contribution < 1.29 is 93.7 Å². The molecule has 0 unspecified atom stereocenters. The minimum atomic E-state index is 0. The van der Waals surface area contributed by atoms with Gasteiger partial charge in [0.15, 0.2) is 0 Å². The van der Waals surface area contributed by atoms with Crippen LogP contribution in [-0.2, 0) is 16.4 Å². The molecule has 0 bridgehead atoms. The first-order valence-corrected chi connectivity index (χ1v) is 0. The third kappa shape index (κ3) is 21.3. The molecule has 0 atom stereocenters. The zero-order chi connectivity index (χ0) is 0. The van der Waals surface area contributed by atoms with Crippen LogP contribution in [0.2, 0.25) is 0 Å². The molecule has 0 rings (SSSR count). The van der Waals surface area contributed by atoms with Gasteiger partial charge < -0.3 is 16.4 Å². The molecular formula is ErGdO3. The first-order chi connectivity index (χ1) is 0. The van der Waals surface area contributed by atoms with Gasteiger partial charge in [-0.25, -0.2) is 0 Å². The van der Waals surface area contributed by atoms with Crippen LogP contribution in [0.3, 0.4) is 0 Å². The molecular weight excluding hydrogens is 373 g/mol. The van der Waals surface area contributed by atoms with E-state index in [9.17, 15) is 0 Å². The van der Waals surface area contributed by atoms with Crippen LogP contribution in [0.1, 0.15) is 0 Å². The van der Waals surface area contributed by atoms with Gasteiger partial charge in [-0.3, -0.25) is 0 Å². The van der Waals surface area contributed by atoms with Crippen molar-refractivity contribution in [3.8, 4) is 0 Å². The molecule has 2 radical (unpaired) electrons. The standard InChI is InChI=1S/Er.Gd.3O/q2*+3;3*-2. The fourth-order valence-corrected chi connectivity index (χ4v) is 0. The largest absolute Gasteiger partial charge is 3.00 e. The zero-order valence-corrected chi connectivity index (χ0v) is 5.99. The number of hydrogen-bond donors (Lipinski definition) is 0. The Morgan fingerprint density at radius 2 is 0.600 bits per heavy atom. The Morgan fingerprint density at radius 1 is 0.600 bits per heavy atom. The van der Waals surface area contributed by atoms with Crippen molar-refractivity contribution in [2.75, 3.05) is 0 Å². The Kier molecular flexibility index (Phi) is 329. The Bertz CT molecular complexity index is 6.85. The minimum absolute atomic E-state index is 0. The molecule has 0 saturated heterocycles. The summed E-state index contributed by atoms with van der Waals surface area (Å²) < 4.78 is 0. The molecule has 0 aromatic rings. The van der Waals surface area contributed by atoms with E-state index in [0.717, 1.165) is 0 Å². The molecule has 0 amide bonds. The van der Waals surface area contributed by atoms with Crippen molar-refractivity contribution in [3.05, 3.63) is 0 Å². The topological polar surface area (TPSA) is 85.5 Å². The van der Waals surface area contributed by atoms with E-state index >= 15 is 0 Å². The van der Waals surface area contributed by atoms with E-state index < -0.39 is 0 Å². The molecule has 38 valence electrons. The Hall–Kier alpha value is 2.45. The van der Waals surface area contributed by atoms with E-state index in [4.69, 9.17) is 0 Å². The van der Waals surface area contributed by atoms with E-state index in [2.05, 4.69) is 0 Å². The Labute approximate surface area is 91.7 Å². The van der Waals surface area contributed by atoms with E-state index in [1.807, 2.05) is 0 Å². The number of rotatable bonds is 0. The molecule has 0 aliphatic rings. The molecule has 0 aromatic heterocycles. The maximum absolute atomic E-state index is 0. The first kappa shape index (κ1) is 51.6. The normalized spacial score (nSPS) is 0. The van der Waals surface area contributed by atoms with Gasteiger partial charge in [0.2, 0.25) is 0 Å². The molecule has 0 aromatic carbocycles. The quantitative estimate of drug-likeness (QED) is 0.556. The third-order valence-electron chi connectivity index (χ3n) is 0. The summed E-state index contributed by atoms with van der Waals surface area (Å²) in [6.45, 7) is 0. The summed E-state index contributed by atoms with van der Waals surface area (Å²) in [6.07, 6.45) is 0. The van der Waals surface area contributed by atoms with Crippen LogP contribution in [0.5, 0.6) is 0 Å². The summed E-state index contributed by atoms with van der Waals surface area (Å²) in [5.41, 5.74) is 0. The molecule has 0 heterocycles. The van der Waals surface area contributed by atoms with Crippen molar-refractivity contribution in [2.45, 2.75) is 0 Å². The van der Waals surface area contributed by atoms with Crippen molar-refractivity contribution in [1.29, 1.82) is 0 Å². The first-order valence-electron chi connectivity index (χ1n) is 0. The van der Waals surface area contributed by atoms with Gasteiger partial charge >= 0.3 is 77.2 Å². The van der Waals surface area contributed by atoms with Gasteiger partial charge in [0.1, 0.15) is 0 Å². The second-order valence-corrected chi connectivity index (χ2v) is 0. The van der Waals surface area contributed by atoms with Crippen LogP contribution in [-0.4, -0.2) is 0 Å². The minimum Gasteiger partial charge on any atom is -2.00 e. The fraction of sp³-hybridized carbons (Fsp3) is 0. The van der Waals surface area contributed by atoms with Gasteiger partial charge in [-0.2, -0.15) is 0 Å². The second kappa shape index (κ2) is 31.9. The van der Waals surface area contributed by atoms with Gasteiger partial charge in [-0.05, 0) is 0 Å². The molecule has 0 fully saturated rings. The molecule has 5 heteroatoms. The second-order valence-electron chi connectivity index (χ2n) is 0. The van der Waals surface area contributed by atoms with Crippen molar-refractivity contribution in [3.63, 3.8) is 0 Å². The van der Waals surface area contributed by atoms with E-state index in [1.165, 1.54) is 0 Å². The summed E-state index contributed by atoms with van der Waals surface area (Å²) in [5.74, 6) is 0. The summed E-state index contributed by atoms with van der Waals surface area (Å²) in [4.78, 5) is 0. The molecule has 5 heavy (non-hydrogen) atoms. The summed E-state index contributed by atoms with van der Waals surface area (Å²) in [6, 6.07) is 0. The van der Waals surface area contributed by atoms with Crippen LogP contribution in [0.25, 0.3) is 0 Å². The van der Waals surface area contributed by atoms with Gasteiger partial charge in [0.05, 0.1) is 0 Å². The molecule has 0 saturated carbocycles. The number of hydrogen-bond acceptors (Lipinski definition) is 0. The van der Waals surface area contributed by atoms with Gasteiger partial charge in [-0.1, -0.05) is 0 Å². The van der Waals surface area contributed by atoms with Crippen LogP contribution < -0.4 is 0 Å². The van der Waals surface area contributed by atoms with Crippen LogP contribution >= 0.6 is 0 Å². The molecule has 0 N–H and O–H groups in total. The van der Waals surface area contributed by atoms with Gasteiger partial charge in [-0.15, -0.1) is 0 Å². The van der Waals surface area contributed by atoms with E-state index in [1.54, 1.807) is 0 Å². The maximum atomic E-state index is 0. The predicted octanol–water partition coefficient (Wildman–Crippen LogP) is -0.356. The SMILES string of the molecule is [Er+3].[Gd+3].[O-2].[O-2].[O-2]. The van der Waals surface area contributed by atoms with Crippen molar-refractivity contribution in [2.24, 2.45) is 0 Å². The van der Waals surface area contributed by atoms with Gasteiger partial charge in [0, 0.05) is 0 Å². The predicted molar refractivity (Wildman–Crippen MR) is 2.06 cm³/mol. The van der Waals surface area contributed by atoms with Crippen LogP contribution in [0, 0.1) is 77.2 Å². The molecule has 0 aliphatic heterocycles. The summed E-state index contributed by atoms with van der Waals surface area (Å²) in [7, 11) is 0. The average Bonchev–Trinajstić information content (AvgIpc) is 0. The monoisotopic (exact) mass is 372 g/mol. The fourth-order valence-electron chi connectivity index (χ4n) is 0. The van der Waals surface area contributed by atoms with Gasteiger partial charge in [0.25, 0.3) is 0 Å². The molecule has 0 aliphatic carbocycles. The van der Waals surface area contributed by atoms with Crippen LogP contribution in [0.4, 0.5) is 0 Å². The Morgan fingerprint density at radius 3 is 0.600 bits per heavy atom. The van der Waals surface area contributed by atoms with Crippen LogP contribution in [0.15, 0.2) is 0 Å². The average molecular weight is 373 g/mol. The maximum Gasteiger partial charge on any atom is 3.00 e. The summed E-state index contributed by atoms with van der Waals surface area (Å²) >= 11 is 0. The van der Waals surface area contributed by atoms with E-state index in [0.29, 0.717) is 0 Å². The van der Waals surface area contributed by atoms with Crippen molar-refractivity contribution >= 4 is 0 Å². The Balaban J connectivity index is 0.